The highest BCUT2D eigenvalue weighted by molar-refractivity contribution is 7.90. The zero-order chi connectivity index (χ0) is 23.6. The smallest absolute Gasteiger partial charge is 0.263 e. The van der Waals surface area contributed by atoms with Gasteiger partial charge >= 0.3 is 0 Å². The van der Waals surface area contributed by atoms with Crippen molar-refractivity contribution >= 4 is 33.2 Å². The number of nitrogens with one attached hydrogen (secondary N) is 1. The van der Waals surface area contributed by atoms with Gasteiger partial charge in [-0.25, -0.2) is 8.42 Å². The minimum atomic E-state index is -3.38. The van der Waals surface area contributed by atoms with E-state index < -0.39 is 27.6 Å². The average molecular weight is 461 g/mol. The Morgan fingerprint density at radius 2 is 1.75 bits per heavy atom. The molecule has 32 heavy (non-hydrogen) atoms. The summed E-state index contributed by atoms with van der Waals surface area (Å²) in [7, 11) is -1.87. The topological polar surface area (TPSA) is 119 Å². The predicted octanol–water partition coefficient (Wildman–Crippen LogP) is 2.36. The summed E-state index contributed by atoms with van der Waals surface area (Å²) in [5.74, 6) is -1.02. The van der Waals surface area contributed by atoms with Crippen molar-refractivity contribution in [2.75, 3.05) is 37.6 Å². The van der Waals surface area contributed by atoms with E-state index in [1.54, 1.807) is 24.3 Å². The van der Waals surface area contributed by atoms with Crippen LogP contribution in [0, 0.1) is 0 Å². The molecular formula is C22H24N2O7S. The standard InChI is InChI=1S/C22H24N2O7S/c1-5-31-18-12-14(6-9-17(18)30-3)15-7-8-16-19(20(15)23-13(2)25)22(27)24(21(16)26)10-11-32(4,28)29/h6-9,12H,5,10-11H2,1-4H3,(H,23,25). The zero-order valence-electron chi connectivity index (χ0n) is 18.2. The molecule has 170 valence electrons. The molecule has 0 radical (unpaired) electrons. The molecule has 0 unspecified atom stereocenters. The highest BCUT2D eigenvalue weighted by Gasteiger charge is 2.39. The quantitative estimate of drug-likeness (QED) is 0.601. The van der Waals surface area contributed by atoms with Gasteiger partial charge in [0.1, 0.15) is 9.84 Å². The van der Waals surface area contributed by atoms with Gasteiger partial charge in [-0.2, -0.15) is 0 Å². The maximum Gasteiger partial charge on any atom is 0.263 e. The van der Waals surface area contributed by atoms with Crippen LogP contribution in [0.3, 0.4) is 0 Å². The Kier molecular flexibility index (Phi) is 6.54. The fourth-order valence-electron chi connectivity index (χ4n) is 3.49. The number of hydrogen-bond donors (Lipinski definition) is 1. The van der Waals surface area contributed by atoms with Gasteiger partial charge in [-0.1, -0.05) is 12.1 Å². The molecule has 0 aromatic heterocycles. The molecule has 0 saturated heterocycles. The number of benzene rings is 2. The summed E-state index contributed by atoms with van der Waals surface area (Å²) in [4.78, 5) is 38.7. The monoisotopic (exact) mass is 460 g/mol. The molecule has 9 nitrogen and oxygen atoms in total. The Morgan fingerprint density at radius 1 is 1.06 bits per heavy atom. The van der Waals surface area contributed by atoms with Crippen LogP contribution in [-0.2, 0) is 14.6 Å². The van der Waals surface area contributed by atoms with Gasteiger partial charge in [0, 0.05) is 25.3 Å². The second kappa shape index (κ2) is 8.99. The van der Waals surface area contributed by atoms with Crippen molar-refractivity contribution in [2.45, 2.75) is 13.8 Å². The minimum Gasteiger partial charge on any atom is -0.493 e. The second-order valence-electron chi connectivity index (χ2n) is 7.28. The van der Waals surface area contributed by atoms with E-state index in [9.17, 15) is 22.8 Å². The van der Waals surface area contributed by atoms with Gasteiger partial charge in [-0.3, -0.25) is 19.3 Å². The SMILES string of the molecule is CCOc1cc(-c2ccc3c(c2NC(C)=O)C(=O)N(CCS(C)(=O)=O)C3=O)ccc1OC. The molecular weight excluding hydrogens is 436 g/mol. The molecule has 1 heterocycles. The fraction of sp³-hybridized carbons (Fsp3) is 0.318. The molecule has 1 N–H and O–H groups in total. The summed E-state index contributed by atoms with van der Waals surface area (Å²) < 4.78 is 34.0. The molecule has 0 fully saturated rings. The number of imide groups is 1. The van der Waals surface area contributed by atoms with Crippen LogP contribution < -0.4 is 14.8 Å². The van der Waals surface area contributed by atoms with E-state index in [2.05, 4.69) is 5.32 Å². The summed E-state index contributed by atoms with van der Waals surface area (Å²) in [6.45, 7) is 3.27. The first kappa shape index (κ1) is 23.3. The molecule has 3 amide bonds. The average Bonchev–Trinajstić information content (AvgIpc) is 2.96. The van der Waals surface area contributed by atoms with Gasteiger partial charge in [-0.05, 0) is 30.7 Å². The van der Waals surface area contributed by atoms with Crippen LogP contribution in [-0.4, -0.2) is 63.3 Å². The number of nitrogens with zero attached hydrogens (tertiary/aromatic N) is 1. The number of carbonyl (C=O) groups excluding carboxylic acids is 3. The Hall–Kier alpha value is -3.40. The van der Waals surface area contributed by atoms with Crippen molar-refractivity contribution in [3.63, 3.8) is 0 Å². The predicted molar refractivity (Wildman–Crippen MR) is 119 cm³/mol. The van der Waals surface area contributed by atoms with Crippen molar-refractivity contribution in [1.29, 1.82) is 0 Å². The van der Waals surface area contributed by atoms with Crippen LogP contribution in [0.2, 0.25) is 0 Å². The Morgan fingerprint density at radius 3 is 2.34 bits per heavy atom. The lowest BCUT2D eigenvalue weighted by atomic mass is 9.96. The third-order valence-electron chi connectivity index (χ3n) is 4.90. The molecule has 0 bridgehead atoms. The van der Waals surface area contributed by atoms with Crippen molar-refractivity contribution in [2.24, 2.45) is 0 Å². The molecule has 2 aromatic carbocycles. The maximum atomic E-state index is 13.1. The summed E-state index contributed by atoms with van der Waals surface area (Å²) in [6, 6.07) is 8.31. The van der Waals surface area contributed by atoms with Crippen LogP contribution in [0.4, 0.5) is 5.69 Å². The Balaban J connectivity index is 2.14. The molecule has 1 aliphatic heterocycles. The van der Waals surface area contributed by atoms with Gasteiger partial charge in [0.05, 0.1) is 36.3 Å². The van der Waals surface area contributed by atoms with Crippen molar-refractivity contribution in [3.05, 3.63) is 41.5 Å². The zero-order valence-corrected chi connectivity index (χ0v) is 19.0. The van der Waals surface area contributed by atoms with Gasteiger partial charge in [0.2, 0.25) is 5.91 Å². The van der Waals surface area contributed by atoms with Gasteiger partial charge in [0.25, 0.3) is 11.8 Å². The molecule has 10 heteroatoms. The normalized spacial score (nSPS) is 13.2. The summed E-state index contributed by atoms with van der Waals surface area (Å²) in [6.07, 6.45) is 1.03. The first-order valence-corrected chi connectivity index (χ1v) is 11.9. The number of methoxy groups -OCH3 is 1. The van der Waals surface area contributed by atoms with Gasteiger partial charge in [0.15, 0.2) is 11.5 Å². The van der Waals surface area contributed by atoms with Gasteiger partial charge in [-0.15, -0.1) is 0 Å². The summed E-state index contributed by atoms with van der Waals surface area (Å²) >= 11 is 0. The van der Waals surface area contributed by atoms with E-state index in [1.807, 2.05) is 6.92 Å². The minimum absolute atomic E-state index is 0.0324. The molecule has 0 saturated carbocycles. The molecule has 0 spiro atoms. The molecule has 1 aliphatic rings. The van der Waals surface area contributed by atoms with Crippen LogP contribution >= 0.6 is 0 Å². The lowest BCUT2D eigenvalue weighted by molar-refractivity contribution is -0.114. The van der Waals surface area contributed by atoms with Crippen LogP contribution in [0.25, 0.3) is 11.1 Å². The van der Waals surface area contributed by atoms with Gasteiger partial charge < -0.3 is 14.8 Å². The second-order valence-corrected chi connectivity index (χ2v) is 9.54. The number of hydrogen-bond acceptors (Lipinski definition) is 7. The highest BCUT2D eigenvalue weighted by atomic mass is 32.2. The number of amides is 3. The number of rotatable bonds is 8. The summed E-state index contributed by atoms with van der Waals surface area (Å²) in [5.41, 5.74) is 1.46. The largest absolute Gasteiger partial charge is 0.493 e. The first-order valence-electron chi connectivity index (χ1n) is 9.87. The van der Waals surface area contributed by atoms with E-state index in [0.717, 1.165) is 11.2 Å². The van der Waals surface area contributed by atoms with E-state index in [1.165, 1.54) is 20.1 Å². The number of anilines is 1. The number of fused-ring (bicyclic) bond motifs is 1. The van der Waals surface area contributed by atoms with Crippen LogP contribution in [0.1, 0.15) is 34.6 Å². The van der Waals surface area contributed by atoms with E-state index in [0.29, 0.717) is 29.2 Å². The Labute approximate surface area is 186 Å². The number of carbonyl (C=O) groups is 3. The molecule has 0 aliphatic carbocycles. The fourth-order valence-corrected chi connectivity index (χ4v) is 4.01. The molecule has 2 aromatic rings. The van der Waals surface area contributed by atoms with E-state index in [4.69, 9.17) is 9.47 Å². The number of sulfone groups is 1. The highest BCUT2D eigenvalue weighted by Crippen LogP contribution is 2.40. The molecule has 3 rings (SSSR count). The van der Waals surface area contributed by atoms with E-state index in [-0.39, 0.29) is 29.1 Å². The van der Waals surface area contributed by atoms with Crippen molar-refractivity contribution in [3.8, 4) is 22.6 Å². The van der Waals surface area contributed by atoms with Crippen LogP contribution in [0.15, 0.2) is 30.3 Å². The number of ether oxygens (including phenoxy) is 2. The Bertz CT molecular complexity index is 1210. The first-order chi connectivity index (χ1) is 15.1. The van der Waals surface area contributed by atoms with E-state index >= 15 is 0 Å². The maximum absolute atomic E-state index is 13.1. The summed E-state index contributed by atoms with van der Waals surface area (Å²) in [5, 5.41) is 2.67. The third-order valence-corrected chi connectivity index (χ3v) is 5.83. The molecule has 0 atom stereocenters. The van der Waals surface area contributed by atoms with Crippen LogP contribution in [0.5, 0.6) is 11.5 Å². The lowest BCUT2D eigenvalue weighted by Crippen LogP contribution is -2.34. The van der Waals surface area contributed by atoms with Crippen molar-refractivity contribution in [1.82, 2.24) is 4.90 Å². The third kappa shape index (κ3) is 4.59. The lowest BCUT2D eigenvalue weighted by Gasteiger charge is -2.16. The van der Waals surface area contributed by atoms with Crippen molar-refractivity contribution < 1.29 is 32.3 Å².